The maximum absolute atomic E-state index is 11.2. The number of aryl methyl sites for hydroxylation is 1. The number of aliphatic hydroxyl groups is 1. The molecule has 0 unspecified atom stereocenters. The molecule has 0 bridgehead atoms. The van der Waals surface area contributed by atoms with Gasteiger partial charge in [-0.1, -0.05) is 24.3 Å². The Balaban J connectivity index is 2.34. The molecule has 0 saturated carbocycles. The molecule has 0 amide bonds. The van der Waals surface area contributed by atoms with E-state index in [9.17, 15) is 4.79 Å². The zero-order chi connectivity index (χ0) is 11.8. The summed E-state index contributed by atoms with van der Waals surface area (Å²) in [5, 5.41) is 8.98. The van der Waals surface area contributed by atoms with E-state index >= 15 is 0 Å². The number of carbonyl (C=O) groups excluding carboxylic acids is 1. The molecule has 16 heavy (non-hydrogen) atoms. The Hall–Kier alpha value is -1.19. The zero-order valence-corrected chi connectivity index (χ0v) is 9.61. The first-order valence-corrected chi connectivity index (χ1v) is 5.45. The Labute approximate surface area is 96.1 Å². The molecule has 1 N–H and O–H groups in total. The van der Waals surface area contributed by atoms with Crippen LogP contribution in [0.15, 0.2) is 24.3 Å². The molecule has 0 atom stereocenters. The van der Waals surface area contributed by atoms with Gasteiger partial charge in [-0.15, -0.1) is 0 Å². The van der Waals surface area contributed by atoms with Crippen LogP contribution in [0, 0.1) is 0 Å². The van der Waals surface area contributed by atoms with E-state index in [0.29, 0.717) is 6.42 Å². The lowest BCUT2D eigenvalue weighted by molar-refractivity contribution is -0.122. The van der Waals surface area contributed by atoms with Crippen molar-refractivity contribution in [1.29, 1.82) is 0 Å². The predicted octanol–water partition coefficient (Wildman–Crippen LogP) is 1.72. The molecule has 3 nitrogen and oxygen atoms in total. The first-order valence-electron chi connectivity index (χ1n) is 5.45. The van der Waals surface area contributed by atoms with Crippen molar-refractivity contribution in [3.8, 4) is 0 Å². The maximum Gasteiger partial charge on any atom is 0.158 e. The van der Waals surface area contributed by atoms with Gasteiger partial charge in [0.1, 0.15) is 6.61 Å². The number of ether oxygens (including phenoxy) is 1. The highest BCUT2D eigenvalue weighted by Gasteiger charge is 2.01. The summed E-state index contributed by atoms with van der Waals surface area (Å²) in [6.45, 7) is 0.271. The van der Waals surface area contributed by atoms with Gasteiger partial charge in [0.05, 0.1) is 6.61 Å². The van der Waals surface area contributed by atoms with Crippen LogP contribution in [0.25, 0.3) is 0 Å². The number of rotatable bonds is 7. The summed E-state index contributed by atoms with van der Waals surface area (Å²) in [7, 11) is 1.53. The molecule has 0 spiro atoms. The molecule has 0 aliphatic rings. The minimum atomic E-state index is 0.0659. The van der Waals surface area contributed by atoms with E-state index in [2.05, 4.69) is 0 Å². The van der Waals surface area contributed by atoms with Crippen LogP contribution in [-0.2, 0) is 22.6 Å². The smallest absolute Gasteiger partial charge is 0.158 e. The van der Waals surface area contributed by atoms with E-state index in [-0.39, 0.29) is 19.0 Å². The van der Waals surface area contributed by atoms with Gasteiger partial charge < -0.3 is 9.84 Å². The summed E-state index contributed by atoms with van der Waals surface area (Å²) >= 11 is 0. The van der Waals surface area contributed by atoms with Gasteiger partial charge in [-0.25, -0.2) is 0 Å². The fourth-order valence-corrected chi connectivity index (χ4v) is 1.61. The van der Waals surface area contributed by atoms with E-state index in [1.165, 1.54) is 7.11 Å². The van der Waals surface area contributed by atoms with Crippen LogP contribution in [0.1, 0.15) is 24.0 Å². The molecule has 0 saturated heterocycles. The highest BCUT2D eigenvalue weighted by atomic mass is 16.5. The Kier molecular flexibility index (Phi) is 5.75. The first kappa shape index (κ1) is 12.9. The van der Waals surface area contributed by atoms with Crippen molar-refractivity contribution in [3.05, 3.63) is 35.4 Å². The van der Waals surface area contributed by atoms with E-state index in [4.69, 9.17) is 9.84 Å². The largest absolute Gasteiger partial charge is 0.392 e. The lowest BCUT2D eigenvalue weighted by Crippen LogP contribution is -2.06. The number of aliphatic hydroxyl groups excluding tert-OH is 1. The van der Waals surface area contributed by atoms with Crippen molar-refractivity contribution in [3.63, 3.8) is 0 Å². The molecule has 1 rings (SSSR count). The second kappa shape index (κ2) is 7.14. The molecular weight excluding hydrogens is 204 g/mol. The summed E-state index contributed by atoms with van der Waals surface area (Å²) in [4.78, 5) is 11.2. The first-order chi connectivity index (χ1) is 7.76. The fourth-order valence-electron chi connectivity index (χ4n) is 1.61. The molecule has 1 aromatic rings. The lowest BCUT2D eigenvalue weighted by atomic mass is 10.0. The Morgan fingerprint density at radius 2 is 2.12 bits per heavy atom. The number of ketones is 1. The molecule has 1 aromatic carbocycles. The van der Waals surface area contributed by atoms with Gasteiger partial charge in [0.25, 0.3) is 0 Å². The Bertz CT molecular complexity index is 334. The van der Waals surface area contributed by atoms with Gasteiger partial charge in [-0.2, -0.15) is 0 Å². The van der Waals surface area contributed by atoms with Gasteiger partial charge >= 0.3 is 0 Å². The highest BCUT2D eigenvalue weighted by molar-refractivity contribution is 5.79. The van der Waals surface area contributed by atoms with Gasteiger partial charge in [0, 0.05) is 13.5 Å². The number of hydrogen-bond donors (Lipinski definition) is 1. The van der Waals surface area contributed by atoms with Crippen molar-refractivity contribution < 1.29 is 14.6 Å². The monoisotopic (exact) mass is 222 g/mol. The fraction of sp³-hybridized carbons (Fsp3) is 0.462. The molecular formula is C13H18O3. The van der Waals surface area contributed by atoms with Crippen molar-refractivity contribution in [1.82, 2.24) is 0 Å². The quantitative estimate of drug-likeness (QED) is 0.764. The number of hydrogen-bond acceptors (Lipinski definition) is 3. The van der Waals surface area contributed by atoms with Crippen LogP contribution >= 0.6 is 0 Å². The number of benzene rings is 1. The lowest BCUT2D eigenvalue weighted by Gasteiger charge is -2.03. The van der Waals surface area contributed by atoms with Crippen LogP contribution in [0.4, 0.5) is 0 Å². The SMILES string of the molecule is COCC(=O)CCCc1cccc(CO)c1. The van der Waals surface area contributed by atoms with E-state index < -0.39 is 0 Å². The van der Waals surface area contributed by atoms with Crippen molar-refractivity contribution in [2.24, 2.45) is 0 Å². The van der Waals surface area contributed by atoms with E-state index in [1.807, 2.05) is 24.3 Å². The van der Waals surface area contributed by atoms with E-state index in [1.54, 1.807) is 0 Å². The number of Topliss-reactive ketones (excluding diaryl/α,β-unsaturated/α-hetero) is 1. The molecule has 0 aliphatic heterocycles. The van der Waals surface area contributed by atoms with Crippen LogP contribution in [0.2, 0.25) is 0 Å². The van der Waals surface area contributed by atoms with Gasteiger partial charge in [0.15, 0.2) is 5.78 Å². The Morgan fingerprint density at radius 3 is 2.81 bits per heavy atom. The number of methoxy groups -OCH3 is 1. The third-order valence-electron chi connectivity index (χ3n) is 2.40. The van der Waals surface area contributed by atoms with E-state index in [0.717, 1.165) is 24.0 Å². The molecule has 0 aliphatic carbocycles. The minimum Gasteiger partial charge on any atom is -0.392 e. The topological polar surface area (TPSA) is 46.5 Å². The average Bonchev–Trinajstić information content (AvgIpc) is 2.30. The summed E-state index contributed by atoms with van der Waals surface area (Å²) < 4.78 is 4.76. The maximum atomic E-state index is 11.2. The summed E-state index contributed by atoms with van der Waals surface area (Å²) in [5.41, 5.74) is 2.08. The molecule has 0 radical (unpaired) electrons. The number of carbonyl (C=O) groups is 1. The van der Waals surface area contributed by atoms with Gasteiger partial charge in [-0.05, 0) is 24.0 Å². The summed E-state index contributed by atoms with van der Waals surface area (Å²) in [6, 6.07) is 7.80. The van der Waals surface area contributed by atoms with Gasteiger partial charge in [-0.3, -0.25) is 4.79 Å². The standard InChI is InChI=1S/C13H18O3/c1-16-10-13(15)7-3-5-11-4-2-6-12(8-11)9-14/h2,4,6,8,14H,3,5,7,9-10H2,1H3. The molecule has 88 valence electrons. The van der Waals surface area contributed by atoms with Crippen molar-refractivity contribution in [2.45, 2.75) is 25.9 Å². The third kappa shape index (κ3) is 4.55. The van der Waals surface area contributed by atoms with Gasteiger partial charge in [0.2, 0.25) is 0 Å². The Morgan fingerprint density at radius 1 is 1.38 bits per heavy atom. The molecule has 0 fully saturated rings. The average molecular weight is 222 g/mol. The third-order valence-corrected chi connectivity index (χ3v) is 2.40. The van der Waals surface area contributed by atoms with Crippen LogP contribution in [0.5, 0.6) is 0 Å². The summed E-state index contributed by atoms with van der Waals surface area (Å²) in [5.74, 6) is 0.140. The van der Waals surface area contributed by atoms with Crippen LogP contribution < -0.4 is 0 Å². The molecule has 0 aromatic heterocycles. The van der Waals surface area contributed by atoms with Crippen LogP contribution in [-0.4, -0.2) is 24.6 Å². The molecule has 0 heterocycles. The molecule has 3 heteroatoms. The zero-order valence-electron chi connectivity index (χ0n) is 9.61. The van der Waals surface area contributed by atoms with Crippen LogP contribution in [0.3, 0.4) is 0 Å². The second-order valence-corrected chi connectivity index (χ2v) is 3.80. The van der Waals surface area contributed by atoms with Crippen molar-refractivity contribution in [2.75, 3.05) is 13.7 Å². The van der Waals surface area contributed by atoms with Crippen molar-refractivity contribution >= 4 is 5.78 Å². The summed E-state index contributed by atoms with van der Waals surface area (Å²) in [6.07, 6.45) is 2.25. The second-order valence-electron chi connectivity index (χ2n) is 3.80. The highest BCUT2D eigenvalue weighted by Crippen LogP contribution is 2.09. The predicted molar refractivity (Wildman–Crippen MR) is 62.2 cm³/mol. The minimum absolute atomic E-state index is 0.0659. The normalized spacial score (nSPS) is 10.4.